The van der Waals surface area contributed by atoms with E-state index in [1.165, 1.54) is 26.2 Å². The Bertz CT molecular complexity index is 927. The van der Waals surface area contributed by atoms with Crippen LogP contribution in [0.4, 0.5) is 5.69 Å². The molecule has 0 spiro atoms. The Morgan fingerprint density at radius 2 is 1.69 bits per heavy atom. The fourth-order valence-corrected chi connectivity index (χ4v) is 3.51. The molecule has 1 N–H and O–H groups in total. The number of carbonyl (C=O) groups excluding carboxylic acids is 1. The lowest BCUT2D eigenvalue weighted by Crippen LogP contribution is -2.46. The lowest BCUT2D eigenvalue weighted by Gasteiger charge is -2.31. The third-order valence-corrected chi connectivity index (χ3v) is 5.79. The van der Waals surface area contributed by atoms with Crippen LogP contribution in [0.15, 0.2) is 53.4 Å². The fraction of sp³-hybridized carbons (Fsp3) is 0.278. The summed E-state index contributed by atoms with van der Waals surface area (Å²) in [6, 6.07) is 13.2. The van der Waals surface area contributed by atoms with E-state index in [1.807, 2.05) is 6.07 Å². The van der Waals surface area contributed by atoms with Crippen LogP contribution in [0.25, 0.3) is 0 Å². The third kappa shape index (κ3) is 3.51. The number of fused-ring (bicyclic) bond motifs is 1. The van der Waals surface area contributed by atoms with E-state index < -0.39 is 28.1 Å². The van der Waals surface area contributed by atoms with E-state index in [0.717, 1.165) is 4.31 Å². The summed E-state index contributed by atoms with van der Waals surface area (Å²) in [4.78, 5) is 12.7. The summed E-state index contributed by atoms with van der Waals surface area (Å²) in [7, 11) is -0.682. The second-order valence-corrected chi connectivity index (χ2v) is 8.26. The Morgan fingerprint density at radius 1 is 1.04 bits per heavy atom. The number of hydrogen-bond donors (Lipinski definition) is 1. The van der Waals surface area contributed by atoms with Gasteiger partial charge in [0.05, 0.1) is 4.90 Å². The molecule has 0 saturated heterocycles. The van der Waals surface area contributed by atoms with Gasteiger partial charge in [0.25, 0.3) is 5.91 Å². The number of ether oxygens (including phenoxy) is 2. The summed E-state index contributed by atoms with van der Waals surface area (Å²) in [5, 5.41) is 2.70. The van der Waals surface area contributed by atoms with Crippen LogP contribution in [0.2, 0.25) is 0 Å². The van der Waals surface area contributed by atoms with E-state index in [4.69, 9.17) is 9.47 Å². The number of nitrogens with one attached hydrogen (secondary N) is 1. The van der Waals surface area contributed by atoms with Crippen molar-refractivity contribution in [1.29, 1.82) is 0 Å². The van der Waals surface area contributed by atoms with Crippen molar-refractivity contribution in [2.24, 2.45) is 0 Å². The molecule has 0 aromatic heterocycles. The van der Waals surface area contributed by atoms with Gasteiger partial charge in [0, 0.05) is 19.8 Å². The minimum Gasteiger partial charge on any atom is -0.482 e. The van der Waals surface area contributed by atoms with Crippen molar-refractivity contribution in [3.63, 3.8) is 0 Å². The molecule has 0 bridgehead atoms. The summed E-state index contributed by atoms with van der Waals surface area (Å²) in [6.45, 7) is 1.74. The SMILES string of the molecule is C[C@@H]1Oc2ccccc2O[C@@H]1C(=O)Nc1cccc(S(=O)(=O)N(C)C)c1. The number of rotatable bonds is 4. The molecular formula is C18H20N2O5S. The number of carbonyl (C=O) groups is 1. The highest BCUT2D eigenvalue weighted by atomic mass is 32.2. The monoisotopic (exact) mass is 376 g/mol. The van der Waals surface area contributed by atoms with Crippen LogP contribution in [0.1, 0.15) is 6.92 Å². The van der Waals surface area contributed by atoms with Gasteiger partial charge in [-0.1, -0.05) is 18.2 Å². The van der Waals surface area contributed by atoms with Crippen LogP contribution < -0.4 is 14.8 Å². The zero-order valence-electron chi connectivity index (χ0n) is 14.7. The molecular weight excluding hydrogens is 356 g/mol. The van der Waals surface area contributed by atoms with E-state index >= 15 is 0 Å². The molecule has 2 aromatic rings. The van der Waals surface area contributed by atoms with Crippen LogP contribution in [-0.4, -0.2) is 44.9 Å². The quantitative estimate of drug-likeness (QED) is 0.883. The van der Waals surface area contributed by atoms with Gasteiger partial charge in [-0.25, -0.2) is 12.7 Å². The van der Waals surface area contributed by atoms with Crippen LogP contribution in [0.5, 0.6) is 11.5 Å². The molecule has 8 heteroatoms. The van der Waals surface area contributed by atoms with Crippen molar-refractivity contribution in [3.05, 3.63) is 48.5 Å². The number of benzene rings is 2. The molecule has 0 saturated carbocycles. The Morgan fingerprint density at radius 3 is 2.35 bits per heavy atom. The average molecular weight is 376 g/mol. The lowest BCUT2D eigenvalue weighted by molar-refractivity contribution is -0.128. The number of para-hydroxylation sites is 2. The van der Waals surface area contributed by atoms with Crippen LogP contribution >= 0.6 is 0 Å². The van der Waals surface area contributed by atoms with Crippen LogP contribution in [-0.2, 0) is 14.8 Å². The Balaban J connectivity index is 1.79. The number of hydrogen-bond acceptors (Lipinski definition) is 5. The summed E-state index contributed by atoms with van der Waals surface area (Å²) < 4.78 is 37.0. The van der Waals surface area contributed by atoms with Crippen molar-refractivity contribution >= 4 is 21.6 Å². The van der Waals surface area contributed by atoms with Crippen molar-refractivity contribution in [2.45, 2.75) is 24.0 Å². The normalized spacial score (nSPS) is 19.2. The molecule has 138 valence electrons. The molecule has 7 nitrogen and oxygen atoms in total. The molecule has 0 aliphatic carbocycles. The highest BCUT2D eigenvalue weighted by molar-refractivity contribution is 7.89. The third-order valence-electron chi connectivity index (χ3n) is 3.98. The van der Waals surface area contributed by atoms with Crippen LogP contribution in [0.3, 0.4) is 0 Å². The van der Waals surface area contributed by atoms with Gasteiger partial charge >= 0.3 is 0 Å². The minimum absolute atomic E-state index is 0.0968. The molecule has 1 aliphatic heterocycles. The predicted octanol–water partition coefficient (Wildman–Crippen LogP) is 2.10. The Labute approximate surface area is 152 Å². The van der Waals surface area contributed by atoms with Gasteiger partial charge in [-0.05, 0) is 37.3 Å². The first-order valence-electron chi connectivity index (χ1n) is 8.05. The molecule has 26 heavy (non-hydrogen) atoms. The van der Waals surface area contributed by atoms with Gasteiger partial charge < -0.3 is 14.8 Å². The summed E-state index contributed by atoms with van der Waals surface area (Å²) >= 11 is 0. The van der Waals surface area contributed by atoms with E-state index in [2.05, 4.69) is 5.32 Å². The highest BCUT2D eigenvalue weighted by Gasteiger charge is 2.34. The lowest BCUT2D eigenvalue weighted by atomic mass is 10.1. The highest BCUT2D eigenvalue weighted by Crippen LogP contribution is 2.33. The first kappa shape index (κ1) is 18.2. The molecule has 1 aliphatic rings. The Hall–Kier alpha value is -2.58. The number of nitrogens with zero attached hydrogens (tertiary/aromatic N) is 1. The molecule has 2 atom stereocenters. The average Bonchev–Trinajstić information content (AvgIpc) is 2.61. The molecule has 3 rings (SSSR count). The van der Waals surface area contributed by atoms with Crippen molar-refractivity contribution < 1.29 is 22.7 Å². The van der Waals surface area contributed by atoms with E-state index in [0.29, 0.717) is 17.2 Å². The van der Waals surface area contributed by atoms with Crippen molar-refractivity contribution in [2.75, 3.05) is 19.4 Å². The van der Waals surface area contributed by atoms with Gasteiger partial charge in [-0.15, -0.1) is 0 Å². The van der Waals surface area contributed by atoms with E-state index in [1.54, 1.807) is 37.3 Å². The molecule has 0 radical (unpaired) electrons. The topological polar surface area (TPSA) is 84.9 Å². The summed E-state index contributed by atoms with van der Waals surface area (Å²) in [5.74, 6) is 0.671. The van der Waals surface area contributed by atoms with Gasteiger partial charge in [0.1, 0.15) is 6.10 Å². The summed E-state index contributed by atoms with van der Waals surface area (Å²) in [6.07, 6.45) is -1.34. The maximum absolute atomic E-state index is 12.6. The maximum atomic E-state index is 12.6. The molecule has 0 fully saturated rings. The molecule has 1 amide bonds. The van der Waals surface area contributed by atoms with E-state index in [-0.39, 0.29) is 4.90 Å². The van der Waals surface area contributed by atoms with Crippen LogP contribution in [0, 0.1) is 0 Å². The summed E-state index contributed by atoms with van der Waals surface area (Å²) in [5.41, 5.74) is 0.368. The zero-order valence-corrected chi connectivity index (χ0v) is 15.5. The van der Waals surface area contributed by atoms with Gasteiger partial charge in [-0.3, -0.25) is 4.79 Å². The van der Waals surface area contributed by atoms with Gasteiger partial charge in [-0.2, -0.15) is 0 Å². The smallest absolute Gasteiger partial charge is 0.269 e. The van der Waals surface area contributed by atoms with Gasteiger partial charge in [0.15, 0.2) is 11.5 Å². The second kappa shape index (κ2) is 6.97. The maximum Gasteiger partial charge on any atom is 0.269 e. The van der Waals surface area contributed by atoms with Gasteiger partial charge in [0.2, 0.25) is 16.1 Å². The minimum atomic E-state index is -3.58. The Kier molecular flexibility index (Phi) is 4.88. The van der Waals surface area contributed by atoms with Crippen molar-refractivity contribution in [1.82, 2.24) is 4.31 Å². The number of sulfonamides is 1. The van der Waals surface area contributed by atoms with Crippen molar-refractivity contribution in [3.8, 4) is 11.5 Å². The predicted molar refractivity (Wildman–Crippen MR) is 96.9 cm³/mol. The second-order valence-electron chi connectivity index (χ2n) is 6.11. The largest absolute Gasteiger partial charge is 0.482 e. The first-order chi connectivity index (χ1) is 12.3. The number of anilines is 1. The molecule has 0 unspecified atom stereocenters. The standard InChI is InChI=1S/C18H20N2O5S/c1-12-17(25-16-10-5-4-9-15(16)24-12)18(21)19-13-7-6-8-14(11-13)26(22,23)20(2)3/h4-12,17H,1-3H3,(H,19,21)/t12-,17-/m0/s1. The van der Waals surface area contributed by atoms with E-state index in [9.17, 15) is 13.2 Å². The first-order valence-corrected chi connectivity index (χ1v) is 9.49. The fourth-order valence-electron chi connectivity index (χ4n) is 2.56. The number of amides is 1. The molecule has 1 heterocycles. The molecule has 2 aromatic carbocycles. The zero-order chi connectivity index (χ0) is 18.9.